The fourth-order valence-electron chi connectivity index (χ4n) is 2.17. The van der Waals surface area contributed by atoms with Crippen LogP contribution in [0, 0.1) is 13.8 Å². The zero-order valence-corrected chi connectivity index (χ0v) is 11.5. The summed E-state index contributed by atoms with van der Waals surface area (Å²) in [5.74, 6) is 0. The molecule has 0 bridgehead atoms. The molecule has 0 saturated carbocycles. The summed E-state index contributed by atoms with van der Waals surface area (Å²) in [6, 6.07) is 0.0951. The van der Waals surface area contributed by atoms with Crippen LogP contribution in [0.1, 0.15) is 37.2 Å². The fraction of sp³-hybridized carbons (Fsp3) is 0.769. The molecular weight excluding hydrogens is 214 g/mol. The Labute approximate surface area is 104 Å². The Bertz CT molecular complexity index is 347. The van der Waals surface area contributed by atoms with Gasteiger partial charge in [0.05, 0.1) is 18.8 Å². The van der Waals surface area contributed by atoms with E-state index in [4.69, 9.17) is 0 Å². The van der Waals surface area contributed by atoms with Crippen molar-refractivity contribution in [3.8, 4) is 0 Å². The fourth-order valence-corrected chi connectivity index (χ4v) is 2.17. The zero-order valence-electron chi connectivity index (χ0n) is 11.5. The van der Waals surface area contributed by atoms with E-state index in [0.29, 0.717) is 0 Å². The Hall–Kier alpha value is -0.870. The first-order valence-electron chi connectivity index (χ1n) is 6.51. The Kier molecular flexibility index (Phi) is 5.65. The molecule has 1 atom stereocenters. The summed E-state index contributed by atoms with van der Waals surface area (Å²) in [7, 11) is 0. The van der Waals surface area contributed by atoms with Crippen LogP contribution in [0.25, 0.3) is 0 Å². The second-order valence-electron chi connectivity index (χ2n) is 4.52. The van der Waals surface area contributed by atoms with Crippen molar-refractivity contribution in [2.75, 3.05) is 13.2 Å². The van der Waals surface area contributed by atoms with Gasteiger partial charge in [-0.05, 0) is 38.8 Å². The Morgan fingerprint density at radius 3 is 2.53 bits per heavy atom. The topological polar surface area (TPSA) is 50.1 Å². The summed E-state index contributed by atoms with van der Waals surface area (Å²) in [6.45, 7) is 10.3. The average molecular weight is 239 g/mol. The molecule has 0 amide bonds. The second kappa shape index (κ2) is 6.77. The number of aromatic nitrogens is 2. The summed E-state index contributed by atoms with van der Waals surface area (Å²) in [5.41, 5.74) is 3.66. The molecule has 0 fully saturated rings. The van der Waals surface area contributed by atoms with E-state index in [0.717, 1.165) is 31.6 Å². The minimum atomic E-state index is 0.0951. The molecule has 1 rings (SSSR count). The van der Waals surface area contributed by atoms with Gasteiger partial charge in [-0.2, -0.15) is 5.10 Å². The number of rotatable bonds is 7. The molecular formula is C13H25N3O. The number of aliphatic hydroxyl groups is 1. The monoisotopic (exact) mass is 239 g/mol. The highest BCUT2D eigenvalue weighted by Gasteiger charge is 2.13. The SMILES string of the molecule is CCCNC(CO)Cn1nc(C)c(CC)c1C. The van der Waals surface area contributed by atoms with Gasteiger partial charge in [0.15, 0.2) is 0 Å². The molecule has 0 aliphatic heterocycles. The van der Waals surface area contributed by atoms with E-state index >= 15 is 0 Å². The molecule has 1 aromatic heterocycles. The van der Waals surface area contributed by atoms with E-state index in [-0.39, 0.29) is 12.6 Å². The summed E-state index contributed by atoms with van der Waals surface area (Å²) in [5, 5.41) is 17.2. The van der Waals surface area contributed by atoms with E-state index < -0.39 is 0 Å². The third kappa shape index (κ3) is 3.54. The molecule has 1 unspecified atom stereocenters. The lowest BCUT2D eigenvalue weighted by Gasteiger charge is -2.16. The molecule has 0 aliphatic rings. The van der Waals surface area contributed by atoms with Crippen molar-refractivity contribution in [2.24, 2.45) is 0 Å². The maximum Gasteiger partial charge on any atom is 0.0628 e. The van der Waals surface area contributed by atoms with E-state index in [9.17, 15) is 5.11 Å². The van der Waals surface area contributed by atoms with Crippen LogP contribution in [0.3, 0.4) is 0 Å². The van der Waals surface area contributed by atoms with Gasteiger partial charge in [-0.3, -0.25) is 4.68 Å². The van der Waals surface area contributed by atoms with Gasteiger partial charge in [0.1, 0.15) is 0 Å². The van der Waals surface area contributed by atoms with Crippen molar-refractivity contribution < 1.29 is 5.11 Å². The van der Waals surface area contributed by atoms with Crippen molar-refractivity contribution in [2.45, 2.75) is 53.1 Å². The van der Waals surface area contributed by atoms with Crippen molar-refractivity contribution in [1.82, 2.24) is 15.1 Å². The molecule has 1 heterocycles. The standard InChI is InChI=1S/C13H25N3O/c1-5-7-14-12(9-17)8-16-11(4)13(6-2)10(3)15-16/h12,14,17H,5-9H2,1-4H3. The highest BCUT2D eigenvalue weighted by molar-refractivity contribution is 5.24. The average Bonchev–Trinajstić information content (AvgIpc) is 2.59. The van der Waals surface area contributed by atoms with E-state index in [1.165, 1.54) is 11.3 Å². The lowest BCUT2D eigenvalue weighted by Crippen LogP contribution is -2.37. The van der Waals surface area contributed by atoms with Crippen LogP contribution in [0.15, 0.2) is 0 Å². The predicted molar refractivity (Wildman–Crippen MR) is 70.2 cm³/mol. The van der Waals surface area contributed by atoms with Crippen LogP contribution >= 0.6 is 0 Å². The largest absolute Gasteiger partial charge is 0.395 e. The summed E-state index contributed by atoms with van der Waals surface area (Å²) in [4.78, 5) is 0. The van der Waals surface area contributed by atoms with Gasteiger partial charge in [-0.15, -0.1) is 0 Å². The molecule has 4 heteroatoms. The molecule has 1 aromatic rings. The summed E-state index contributed by atoms with van der Waals surface area (Å²) < 4.78 is 2.01. The Morgan fingerprint density at radius 2 is 2.06 bits per heavy atom. The van der Waals surface area contributed by atoms with Gasteiger partial charge in [0.2, 0.25) is 0 Å². The first-order valence-corrected chi connectivity index (χ1v) is 6.51. The van der Waals surface area contributed by atoms with Gasteiger partial charge >= 0.3 is 0 Å². The smallest absolute Gasteiger partial charge is 0.0628 e. The van der Waals surface area contributed by atoms with E-state index in [2.05, 4.69) is 38.1 Å². The van der Waals surface area contributed by atoms with Gasteiger partial charge in [0, 0.05) is 11.7 Å². The van der Waals surface area contributed by atoms with Crippen LogP contribution in [0.5, 0.6) is 0 Å². The Morgan fingerprint density at radius 1 is 1.35 bits per heavy atom. The van der Waals surface area contributed by atoms with Crippen molar-refractivity contribution >= 4 is 0 Å². The van der Waals surface area contributed by atoms with Gasteiger partial charge in [-0.25, -0.2) is 0 Å². The molecule has 98 valence electrons. The lowest BCUT2D eigenvalue weighted by atomic mass is 10.1. The van der Waals surface area contributed by atoms with Gasteiger partial charge in [0.25, 0.3) is 0 Å². The quantitative estimate of drug-likeness (QED) is 0.756. The molecule has 0 saturated heterocycles. The zero-order chi connectivity index (χ0) is 12.8. The minimum Gasteiger partial charge on any atom is -0.395 e. The number of nitrogens with one attached hydrogen (secondary N) is 1. The molecule has 17 heavy (non-hydrogen) atoms. The first-order chi connectivity index (χ1) is 8.13. The number of aryl methyl sites for hydroxylation is 1. The Balaban J connectivity index is 2.72. The molecule has 4 nitrogen and oxygen atoms in total. The summed E-state index contributed by atoms with van der Waals surface area (Å²) >= 11 is 0. The third-order valence-corrected chi connectivity index (χ3v) is 3.18. The minimum absolute atomic E-state index is 0.0951. The van der Waals surface area contributed by atoms with Gasteiger partial charge in [-0.1, -0.05) is 13.8 Å². The number of hydrogen-bond acceptors (Lipinski definition) is 3. The van der Waals surface area contributed by atoms with Crippen LogP contribution < -0.4 is 5.32 Å². The number of hydrogen-bond donors (Lipinski definition) is 2. The van der Waals surface area contributed by atoms with Crippen molar-refractivity contribution in [1.29, 1.82) is 0 Å². The maximum absolute atomic E-state index is 9.33. The van der Waals surface area contributed by atoms with Crippen molar-refractivity contribution in [3.63, 3.8) is 0 Å². The highest BCUT2D eigenvalue weighted by atomic mass is 16.3. The predicted octanol–water partition coefficient (Wildman–Crippen LogP) is 1.42. The highest BCUT2D eigenvalue weighted by Crippen LogP contribution is 2.13. The molecule has 0 radical (unpaired) electrons. The van der Waals surface area contributed by atoms with Crippen LogP contribution in [-0.2, 0) is 13.0 Å². The third-order valence-electron chi connectivity index (χ3n) is 3.18. The van der Waals surface area contributed by atoms with E-state index in [1.807, 2.05) is 4.68 Å². The molecule has 0 aliphatic carbocycles. The van der Waals surface area contributed by atoms with Crippen LogP contribution in [-0.4, -0.2) is 34.1 Å². The second-order valence-corrected chi connectivity index (χ2v) is 4.52. The number of nitrogens with zero attached hydrogens (tertiary/aromatic N) is 2. The molecule has 0 spiro atoms. The number of aliphatic hydroxyl groups excluding tert-OH is 1. The first kappa shape index (κ1) is 14.2. The maximum atomic E-state index is 9.33. The molecule has 2 N–H and O–H groups in total. The lowest BCUT2D eigenvalue weighted by molar-refractivity contribution is 0.224. The normalized spacial score (nSPS) is 13.0. The van der Waals surface area contributed by atoms with Crippen LogP contribution in [0.4, 0.5) is 0 Å². The van der Waals surface area contributed by atoms with E-state index in [1.54, 1.807) is 0 Å². The van der Waals surface area contributed by atoms with Crippen molar-refractivity contribution in [3.05, 3.63) is 17.0 Å². The van der Waals surface area contributed by atoms with Gasteiger partial charge < -0.3 is 10.4 Å². The summed E-state index contributed by atoms with van der Waals surface area (Å²) in [6.07, 6.45) is 2.09. The van der Waals surface area contributed by atoms with Crippen LogP contribution in [0.2, 0.25) is 0 Å². The molecule has 0 aromatic carbocycles.